The second kappa shape index (κ2) is 3.44. The monoisotopic (exact) mass is 179 g/mol. The third kappa shape index (κ3) is 1.78. The van der Waals surface area contributed by atoms with Gasteiger partial charge in [-0.15, -0.1) is 0 Å². The van der Waals surface area contributed by atoms with Crippen molar-refractivity contribution in [1.82, 2.24) is 0 Å². The summed E-state index contributed by atoms with van der Waals surface area (Å²) < 4.78 is 13.1. The van der Waals surface area contributed by atoms with Crippen LogP contribution < -0.4 is 0 Å². The topological polar surface area (TPSA) is 44.0 Å². The fourth-order valence-corrected chi connectivity index (χ4v) is 1.11. The van der Waals surface area contributed by atoms with Crippen molar-refractivity contribution >= 4 is 0 Å². The summed E-state index contributed by atoms with van der Waals surface area (Å²) in [5.74, 6) is -0.761. The summed E-state index contributed by atoms with van der Waals surface area (Å²) in [5.41, 5.74) is 0.569. The minimum atomic E-state index is -0.466. The molecule has 1 rings (SSSR count). The molecule has 0 fully saturated rings. The van der Waals surface area contributed by atoms with E-state index in [9.17, 15) is 4.39 Å². The minimum Gasteiger partial charge on any atom is -0.506 e. The molecule has 1 aromatic carbocycles. The van der Waals surface area contributed by atoms with Crippen molar-refractivity contribution in [3.63, 3.8) is 0 Å². The first-order valence-corrected chi connectivity index (χ1v) is 3.98. The normalized spacial score (nSPS) is 10.1. The number of rotatable bonds is 1. The molecule has 0 unspecified atom stereocenters. The van der Waals surface area contributed by atoms with Gasteiger partial charge in [0, 0.05) is 6.07 Å². The smallest absolute Gasteiger partial charge is 0.136 e. The fraction of sp³-hybridized carbons (Fsp3) is 0.300. The second-order valence-corrected chi connectivity index (χ2v) is 3.16. The molecule has 0 radical (unpaired) electrons. The van der Waals surface area contributed by atoms with Crippen molar-refractivity contribution in [2.24, 2.45) is 0 Å². The Labute approximate surface area is 76.2 Å². The van der Waals surface area contributed by atoms with Crippen LogP contribution in [0.2, 0.25) is 0 Å². The van der Waals surface area contributed by atoms with Crippen LogP contribution in [-0.2, 0) is 0 Å². The third-order valence-electron chi connectivity index (χ3n) is 1.86. The van der Waals surface area contributed by atoms with Crippen molar-refractivity contribution in [3.05, 3.63) is 29.1 Å². The standard InChI is InChI=1S/C10H10FNO/c1-6(2)8-3-7(5-12)10(13)4-9(8)11/h3-4,6,13H,1-2H3. The van der Waals surface area contributed by atoms with E-state index >= 15 is 0 Å². The molecule has 68 valence electrons. The van der Waals surface area contributed by atoms with Gasteiger partial charge in [-0.2, -0.15) is 5.26 Å². The molecule has 0 aliphatic heterocycles. The van der Waals surface area contributed by atoms with Crippen LogP contribution in [0.5, 0.6) is 5.75 Å². The van der Waals surface area contributed by atoms with E-state index in [0.29, 0.717) is 5.56 Å². The molecule has 0 heterocycles. The summed E-state index contributed by atoms with van der Waals surface area (Å²) in [6.45, 7) is 3.66. The van der Waals surface area contributed by atoms with Crippen molar-refractivity contribution < 1.29 is 9.50 Å². The third-order valence-corrected chi connectivity index (χ3v) is 1.86. The molecule has 0 atom stereocenters. The highest BCUT2D eigenvalue weighted by Gasteiger charge is 2.11. The number of phenolic OH excluding ortho intramolecular Hbond substituents is 1. The summed E-state index contributed by atoms with van der Waals surface area (Å²) in [5, 5.41) is 17.7. The van der Waals surface area contributed by atoms with E-state index < -0.39 is 5.82 Å². The van der Waals surface area contributed by atoms with E-state index in [4.69, 9.17) is 10.4 Å². The molecule has 2 nitrogen and oxygen atoms in total. The van der Waals surface area contributed by atoms with Crippen LogP contribution >= 0.6 is 0 Å². The summed E-state index contributed by atoms with van der Waals surface area (Å²) in [4.78, 5) is 0. The van der Waals surface area contributed by atoms with Gasteiger partial charge in [0.05, 0.1) is 5.56 Å². The molecule has 13 heavy (non-hydrogen) atoms. The molecule has 0 saturated carbocycles. The molecule has 1 aromatic rings. The van der Waals surface area contributed by atoms with Crippen LogP contribution in [0.4, 0.5) is 4.39 Å². The maximum absolute atomic E-state index is 13.1. The van der Waals surface area contributed by atoms with E-state index in [1.807, 2.05) is 13.8 Å². The Hall–Kier alpha value is -1.56. The van der Waals surface area contributed by atoms with Gasteiger partial charge in [-0.25, -0.2) is 4.39 Å². The predicted octanol–water partition coefficient (Wildman–Crippen LogP) is 2.53. The van der Waals surface area contributed by atoms with E-state index in [2.05, 4.69) is 0 Å². The molecule has 1 N–H and O–H groups in total. The molecule has 0 bridgehead atoms. The van der Waals surface area contributed by atoms with Crippen molar-refractivity contribution in [2.75, 3.05) is 0 Å². The van der Waals surface area contributed by atoms with Gasteiger partial charge in [0.2, 0.25) is 0 Å². The lowest BCUT2D eigenvalue weighted by Gasteiger charge is -2.07. The van der Waals surface area contributed by atoms with Crippen molar-refractivity contribution in [1.29, 1.82) is 5.26 Å². The van der Waals surface area contributed by atoms with Crippen LogP contribution in [0.15, 0.2) is 12.1 Å². The number of hydrogen-bond donors (Lipinski definition) is 1. The van der Waals surface area contributed by atoms with E-state index in [1.54, 1.807) is 6.07 Å². The quantitative estimate of drug-likeness (QED) is 0.719. The first kappa shape index (κ1) is 9.53. The zero-order valence-corrected chi connectivity index (χ0v) is 7.50. The summed E-state index contributed by atoms with van der Waals surface area (Å²) >= 11 is 0. The molecule has 0 aliphatic carbocycles. The Morgan fingerprint density at radius 3 is 2.54 bits per heavy atom. The average molecular weight is 179 g/mol. The average Bonchev–Trinajstić information content (AvgIpc) is 2.03. The van der Waals surface area contributed by atoms with Gasteiger partial charge in [0.25, 0.3) is 0 Å². The van der Waals surface area contributed by atoms with Gasteiger partial charge < -0.3 is 5.11 Å². The van der Waals surface area contributed by atoms with E-state index in [1.165, 1.54) is 6.07 Å². The van der Waals surface area contributed by atoms with Crippen LogP contribution in [0.25, 0.3) is 0 Å². The van der Waals surface area contributed by atoms with Crippen molar-refractivity contribution in [3.8, 4) is 11.8 Å². The van der Waals surface area contributed by atoms with Gasteiger partial charge in [-0.3, -0.25) is 0 Å². The Balaban J connectivity index is 3.33. The second-order valence-electron chi connectivity index (χ2n) is 3.16. The number of hydrogen-bond acceptors (Lipinski definition) is 2. The lowest BCUT2D eigenvalue weighted by molar-refractivity contribution is 0.465. The number of nitrogens with zero attached hydrogens (tertiary/aromatic N) is 1. The molecule has 0 saturated heterocycles. The van der Waals surface area contributed by atoms with E-state index in [0.717, 1.165) is 6.07 Å². The molecular weight excluding hydrogens is 169 g/mol. The zero-order chi connectivity index (χ0) is 10.0. The van der Waals surface area contributed by atoms with E-state index in [-0.39, 0.29) is 17.2 Å². The number of halogens is 1. The maximum Gasteiger partial charge on any atom is 0.136 e. The van der Waals surface area contributed by atoms with Crippen molar-refractivity contribution in [2.45, 2.75) is 19.8 Å². The van der Waals surface area contributed by atoms with Crippen LogP contribution in [0.3, 0.4) is 0 Å². The Kier molecular flexibility index (Phi) is 2.52. The predicted molar refractivity (Wildman–Crippen MR) is 46.9 cm³/mol. The molecule has 0 spiro atoms. The first-order valence-electron chi connectivity index (χ1n) is 3.98. The summed E-state index contributed by atoms with van der Waals surface area (Å²) in [6.07, 6.45) is 0. The molecule has 0 amide bonds. The molecular formula is C10H10FNO. The summed E-state index contributed by atoms with van der Waals surface area (Å²) in [6, 6.07) is 4.17. The molecule has 0 aliphatic rings. The number of phenols is 1. The SMILES string of the molecule is CC(C)c1cc(C#N)c(O)cc1F. The Bertz CT molecular complexity index is 366. The first-order chi connectivity index (χ1) is 6.06. The summed E-state index contributed by atoms with van der Waals surface area (Å²) in [7, 11) is 0. The van der Waals surface area contributed by atoms with Gasteiger partial charge in [-0.1, -0.05) is 13.8 Å². The van der Waals surface area contributed by atoms with Gasteiger partial charge >= 0.3 is 0 Å². The number of aromatic hydroxyl groups is 1. The van der Waals surface area contributed by atoms with Gasteiger partial charge in [0.1, 0.15) is 17.6 Å². The lowest BCUT2D eigenvalue weighted by atomic mass is 10.00. The minimum absolute atomic E-state index is 0.00713. The highest BCUT2D eigenvalue weighted by Crippen LogP contribution is 2.25. The Morgan fingerprint density at radius 2 is 2.08 bits per heavy atom. The number of benzene rings is 1. The van der Waals surface area contributed by atoms with Crippen LogP contribution in [0, 0.1) is 17.1 Å². The molecule has 3 heteroatoms. The highest BCUT2D eigenvalue weighted by molar-refractivity contribution is 5.45. The largest absolute Gasteiger partial charge is 0.506 e. The van der Waals surface area contributed by atoms with Gasteiger partial charge in [0.15, 0.2) is 0 Å². The lowest BCUT2D eigenvalue weighted by Crippen LogP contribution is -1.94. The van der Waals surface area contributed by atoms with Gasteiger partial charge in [-0.05, 0) is 17.5 Å². The number of nitriles is 1. The highest BCUT2D eigenvalue weighted by atomic mass is 19.1. The van der Waals surface area contributed by atoms with Crippen LogP contribution in [-0.4, -0.2) is 5.11 Å². The molecule has 0 aromatic heterocycles. The Morgan fingerprint density at radius 1 is 1.46 bits per heavy atom. The maximum atomic E-state index is 13.1. The van der Waals surface area contributed by atoms with Crippen LogP contribution in [0.1, 0.15) is 30.9 Å². The fourth-order valence-electron chi connectivity index (χ4n) is 1.11. The zero-order valence-electron chi connectivity index (χ0n) is 7.50.